The highest BCUT2D eigenvalue weighted by molar-refractivity contribution is 5.52. The molecule has 92 valence electrons. The number of benzene rings is 1. The van der Waals surface area contributed by atoms with Gasteiger partial charge in [0.05, 0.1) is 0 Å². The standard InChI is InChI=1S/C14H19FN2/c1-9-6-11(4-5-14(9)15)17-12-2-3-13(17)8-10(16)7-12/h4-6,10,12-13H,2-3,7-8,16H2,1H3. The van der Waals surface area contributed by atoms with Crippen LogP contribution in [-0.4, -0.2) is 18.1 Å². The Balaban J connectivity index is 1.92. The molecule has 0 radical (unpaired) electrons. The van der Waals surface area contributed by atoms with E-state index in [4.69, 9.17) is 5.73 Å². The fraction of sp³-hybridized carbons (Fsp3) is 0.571. The van der Waals surface area contributed by atoms with Crippen molar-refractivity contribution in [2.24, 2.45) is 5.73 Å². The second-order valence-corrected chi connectivity index (χ2v) is 5.46. The number of aryl methyl sites for hydroxylation is 1. The lowest BCUT2D eigenvalue weighted by atomic mass is 9.97. The van der Waals surface area contributed by atoms with E-state index in [1.165, 1.54) is 18.5 Å². The van der Waals surface area contributed by atoms with Crippen molar-refractivity contribution in [1.82, 2.24) is 0 Å². The highest BCUT2D eigenvalue weighted by Crippen LogP contribution is 2.39. The fourth-order valence-electron chi connectivity index (χ4n) is 3.43. The molecule has 0 aliphatic carbocycles. The molecule has 2 unspecified atom stereocenters. The first-order valence-corrected chi connectivity index (χ1v) is 6.45. The van der Waals surface area contributed by atoms with Crippen molar-refractivity contribution >= 4 is 5.69 Å². The third-order valence-electron chi connectivity index (χ3n) is 4.21. The molecule has 2 nitrogen and oxygen atoms in total. The molecule has 2 aliphatic heterocycles. The van der Waals surface area contributed by atoms with E-state index in [9.17, 15) is 4.39 Å². The lowest BCUT2D eigenvalue weighted by molar-refractivity contribution is 0.414. The van der Waals surface area contributed by atoms with Crippen LogP contribution in [0.5, 0.6) is 0 Å². The Bertz CT molecular complexity index is 418. The minimum Gasteiger partial charge on any atom is -0.365 e. The largest absolute Gasteiger partial charge is 0.365 e. The number of anilines is 1. The number of hydrogen-bond acceptors (Lipinski definition) is 2. The molecular weight excluding hydrogens is 215 g/mol. The van der Waals surface area contributed by atoms with Crippen LogP contribution in [0.1, 0.15) is 31.2 Å². The lowest BCUT2D eigenvalue weighted by Gasteiger charge is -2.39. The van der Waals surface area contributed by atoms with Crippen molar-refractivity contribution in [3.63, 3.8) is 0 Å². The molecule has 2 aliphatic rings. The van der Waals surface area contributed by atoms with E-state index in [0.717, 1.165) is 18.4 Å². The summed E-state index contributed by atoms with van der Waals surface area (Å²) in [5.74, 6) is -0.116. The molecule has 17 heavy (non-hydrogen) atoms. The van der Waals surface area contributed by atoms with Crippen molar-refractivity contribution in [1.29, 1.82) is 0 Å². The van der Waals surface area contributed by atoms with Gasteiger partial charge in [0, 0.05) is 23.8 Å². The van der Waals surface area contributed by atoms with Crippen LogP contribution in [0.4, 0.5) is 10.1 Å². The number of nitrogens with two attached hydrogens (primary N) is 1. The summed E-state index contributed by atoms with van der Waals surface area (Å²) in [6.07, 6.45) is 4.61. The van der Waals surface area contributed by atoms with Crippen LogP contribution in [0.15, 0.2) is 18.2 Å². The van der Waals surface area contributed by atoms with E-state index in [2.05, 4.69) is 4.90 Å². The quantitative estimate of drug-likeness (QED) is 0.809. The molecule has 2 fully saturated rings. The number of hydrogen-bond donors (Lipinski definition) is 1. The van der Waals surface area contributed by atoms with Crippen LogP contribution in [0, 0.1) is 12.7 Å². The smallest absolute Gasteiger partial charge is 0.126 e. The fourth-order valence-corrected chi connectivity index (χ4v) is 3.43. The molecule has 1 aromatic carbocycles. The van der Waals surface area contributed by atoms with E-state index < -0.39 is 0 Å². The topological polar surface area (TPSA) is 29.3 Å². The molecule has 0 amide bonds. The van der Waals surface area contributed by atoms with E-state index in [0.29, 0.717) is 18.1 Å². The number of fused-ring (bicyclic) bond motifs is 2. The zero-order chi connectivity index (χ0) is 12.0. The van der Waals surface area contributed by atoms with Crippen LogP contribution >= 0.6 is 0 Å². The summed E-state index contributed by atoms with van der Waals surface area (Å²) in [4.78, 5) is 2.47. The van der Waals surface area contributed by atoms with Gasteiger partial charge in [-0.1, -0.05) is 0 Å². The van der Waals surface area contributed by atoms with Crippen molar-refractivity contribution in [2.45, 2.75) is 50.7 Å². The Kier molecular flexibility index (Phi) is 2.58. The molecule has 2 N–H and O–H groups in total. The van der Waals surface area contributed by atoms with Crippen LogP contribution in [-0.2, 0) is 0 Å². The first-order valence-electron chi connectivity index (χ1n) is 6.45. The Morgan fingerprint density at radius 2 is 1.88 bits per heavy atom. The van der Waals surface area contributed by atoms with Gasteiger partial charge < -0.3 is 10.6 Å². The minimum absolute atomic E-state index is 0.116. The van der Waals surface area contributed by atoms with Gasteiger partial charge in [0.1, 0.15) is 5.82 Å². The predicted molar refractivity (Wildman–Crippen MR) is 67.6 cm³/mol. The highest BCUT2D eigenvalue weighted by atomic mass is 19.1. The second kappa shape index (κ2) is 3.98. The molecule has 2 heterocycles. The molecule has 3 heteroatoms. The second-order valence-electron chi connectivity index (χ2n) is 5.46. The van der Waals surface area contributed by atoms with E-state index in [1.807, 2.05) is 19.1 Å². The molecule has 3 rings (SSSR count). The van der Waals surface area contributed by atoms with Gasteiger partial charge in [-0.2, -0.15) is 0 Å². The predicted octanol–water partition coefficient (Wildman–Crippen LogP) is 2.59. The van der Waals surface area contributed by atoms with Crippen molar-refractivity contribution in [3.8, 4) is 0 Å². The van der Waals surface area contributed by atoms with Gasteiger partial charge in [0.25, 0.3) is 0 Å². The summed E-state index contributed by atoms with van der Waals surface area (Å²) in [6, 6.07) is 6.94. The normalized spacial score (nSPS) is 31.9. The average molecular weight is 234 g/mol. The van der Waals surface area contributed by atoms with Gasteiger partial charge >= 0.3 is 0 Å². The summed E-state index contributed by atoms with van der Waals surface area (Å²) >= 11 is 0. The molecule has 0 saturated carbocycles. The van der Waals surface area contributed by atoms with Gasteiger partial charge in [0.2, 0.25) is 0 Å². The van der Waals surface area contributed by atoms with Gasteiger partial charge in [-0.3, -0.25) is 0 Å². The van der Waals surface area contributed by atoms with Gasteiger partial charge in [0.15, 0.2) is 0 Å². The molecule has 1 aromatic rings. The van der Waals surface area contributed by atoms with Gasteiger partial charge in [-0.15, -0.1) is 0 Å². The van der Waals surface area contributed by atoms with Gasteiger partial charge in [-0.05, 0) is 56.4 Å². The van der Waals surface area contributed by atoms with E-state index in [1.54, 1.807) is 6.07 Å². The molecular formula is C14H19FN2. The van der Waals surface area contributed by atoms with Crippen molar-refractivity contribution in [2.75, 3.05) is 4.90 Å². The summed E-state index contributed by atoms with van der Waals surface area (Å²) < 4.78 is 13.3. The summed E-state index contributed by atoms with van der Waals surface area (Å²) in [5, 5.41) is 0. The number of halogens is 1. The monoisotopic (exact) mass is 234 g/mol. The van der Waals surface area contributed by atoms with Crippen LogP contribution in [0.25, 0.3) is 0 Å². The zero-order valence-electron chi connectivity index (χ0n) is 10.2. The van der Waals surface area contributed by atoms with Crippen molar-refractivity contribution < 1.29 is 4.39 Å². The Hall–Kier alpha value is -1.09. The third kappa shape index (κ3) is 1.82. The third-order valence-corrected chi connectivity index (χ3v) is 4.21. The first-order chi connectivity index (χ1) is 8.15. The lowest BCUT2D eigenvalue weighted by Crippen LogP contribution is -2.47. The maximum atomic E-state index is 13.3. The Morgan fingerprint density at radius 1 is 1.24 bits per heavy atom. The maximum Gasteiger partial charge on any atom is 0.126 e. The number of piperidine rings is 1. The van der Waals surface area contributed by atoms with E-state index in [-0.39, 0.29) is 5.82 Å². The summed E-state index contributed by atoms with van der Waals surface area (Å²) in [6.45, 7) is 1.83. The molecule has 0 spiro atoms. The minimum atomic E-state index is -0.116. The van der Waals surface area contributed by atoms with Crippen LogP contribution in [0.3, 0.4) is 0 Å². The maximum absolute atomic E-state index is 13.3. The van der Waals surface area contributed by atoms with E-state index >= 15 is 0 Å². The highest BCUT2D eigenvalue weighted by Gasteiger charge is 2.39. The van der Waals surface area contributed by atoms with Crippen molar-refractivity contribution in [3.05, 3.63) is 29.6 Å². The number of nitrogens with zero attached hydrogens (tertiary/aromatic N) is 1. The zero-order valence-corrected chi connectivity index (χ0v) is 10.2. The Morgan fingerprint density at radius 3 is 2.47 bits per heavy atom. The van der Waals surface area contributed by atoms with Gasteiger partial charge in [-0.25, -0.2) is 4.39 Å². The summed E-state index contributed by atoms with van der Waals surface area (Å²) in [7, 11) is 0. The average Bonchev–Trinajstić information content (AvgIpc) is 2.55. The molecule has 2 bridgehead atoms. The SMILES string of the molecule is Cc1cc(N2C3CCC2CC(N)C3)ccc1F. The van der Waals surface area contributed by atoms with Crippen LogP contribution in [0.2, 0.25) is 0 Å². The van der Waals surface area contributed by atoms with Crippen LogP contribution < -0.4 is 10.6 Å². The molecule has 2 atom stereocenters. The Labute approximate surface area is 102 Å². The number of rotatable bonds is 1. The summed E-state index contributed by atoms with van der Waals surface area (Å²) in [5.41, 5.74) is 7.97. The molecule has 2 saturated heterocycles. The first kappa shape index (κ1) is 11.0. The molecule has 0 aromatic heterocycles.